The Morgan fingerprint density at radius 3 is 2.89 bits per heavy atom. The number of benzene rings is 1. The maximum Gasteiger partial charge on any atom is 0.0684 e. The fraction of sp³-hybridized carbons (Fsp3) is 0.467. The van der Waals surface area contributed by atoms with Gasteiger partial charge in [-0.1, -0.05) is 18.2 Å². The molecule has 1 aromatic carbocycles. The molecule has 0 amide bonds. The fourth-order valence-corrected chi connectivity index (χ4v) is 3.02. The normalized spacial score (nSPS) is 23.8. The Morgan fingerprint density at radius 2 is 2.17 bits per heavy atom. The van der Waals surface area contributed by atoms with Crippen LogP contribution in [0.15, 0.2) is 30.5 Å². The van der Waals surface area contributed by atoms with Gasteiger partial charge in [0.1, 0.15) is 0 Å². The van der Waals surface area contributed by atoms with E-state index in [4.69, 9.17) is 0 Å². The van der Waals surface area contributed by atoms with E-state index < -0.39 is 0 Å². The Balaban J connectivity index is 1.89. The standard InChI is InChI=1S/C15H20N2O/c1-15(2)7-12(18)10-17(15)9-11-8-16-14-6-4-3-5-13(11)14/h3-6,8,12,16,18H,7,9-10H2,1-2H3. The molecule has 0 radical (unpaired) electrons. The van der Waals surface area contributed by atoms with Crippen LogP contribution in [0, 0.1) is 0 Å². The summed E-state index contributed by atoms with van der Waals surface area (Å²) in [5.41, 5.74) is 2.58. The van der Waals surface area contributed by atoms with Crippen LogP contribution in [-0.4, -0.2) is 33.2 Å². The summed E-state index contributed by atoms with van der Waals surface area (Å²) < 4.78 is 0. The fourth-order valence-electron chi connectivity index (χ4n) is 3.02. The zero-order valence-electron chi connectivity index (χ0n) is 11.0. The second kappa shape index (κ2) is 4.11. The lowest BCUT2D eigenvalue weighted by molar-refractivity contribution is 0.157. The van der Waals surface area contributed by atoms with Gasteiger partial charge in [0, 0.05) is 35.7 Å². The number of aliphatic hydroxyl groups is 1. The van der Waals surface area contributed by atoms with Gasteiger partial charge >= 0.3 is 0 Å². The van der Waals surface area contributed by atoms with Gasteiger partial charge in [0.15, 0.2) is 0 Å². The van der Waals surface area contributed by atoms with E-state index in [1.165, 1.54) is 16.5 Å². The van der Waals surface area contributed by atoms with Crippen molar-refractivity contribution in [1.29, 1.82) is 0 Å². The molecule has 1 aliphatic heterocycles. The molecule has 2 aromatic rings. The number of hydrogen-bond acceptors (Lipinski definition) is 2. The summed E-state index contributed by atoms with van der Waals surface area (Å²) in [5, 5.41) is 11.1. The third kappa shape index (κ3) is 1.93. The number of aromatic amines is 1. The van der Waals surface area contributed by atoms with Crippen LogP contribution in [0.3, 0.4) is 0 Å². The molecule has 3 rings (SSSR count). The quantitative estimate of drug-likeness (QED) is 0.852. The lowest BCUT2D eigenvalue weighted by Gasteiger charge is -2.30. The average molecular weight is 244 g/mol. The number of hydrogen-bond donors (Lipinski definition) is 2. The number of aliphatic hydroxyl groups excluding tert-OH is 1. The van der Waals surface area contributed by atoms with Crippen molar-refractivity contribution >= 4 is 10.9 Å². The molecular weight excluding hydrogens is 224 g/mol. The van der Waals surface area contributed by atoms with Crippen LogP contribution in [0.4, 0.5) is 0 Å². The number of nitrogens with one attached hydrogen (secondary N) is 1. The molecule has 0 spiro atoms. The van der Waals surface area contributed by atoms with E-state index in [1.807, 2.05) is 6.07 Å². The third-order valence-electron chi connectivity index (χ3n) is 4.06. The minimum absolute atomic E-state index is 0.0811. The number of rotatable bonds is 2. The van der Waals surface area contributed by atoms with Crippen molar-refractivity contribution in [3.63, 3.8) is 0 Å². The van der Waals surface area contributed by atoms with Gasteiger partial charge in [0.05, 0.1) is 6.10 Å². The summed E-state index contributed by atoms with van der Waals surface area (Å²) in [6, 6.07) is 8.37. The van der Waals surface area contributed by atoms with Gasteiger partial charge in [-0.2, -0.15) is 0 Å². The van der Waals surface area contributed by atoms with Gasteiger partial charge < -0.3 is 10.1 Å². The number of para-hydroxylation sites is 1. The first-order valence-electron chi connectivity index (χ1n) is 6.54. The Bertz CT molecular complexity index is 558. The zero-order valence-corrected chi connectivity index (χ0v) is 11.0. The van der Waals surface area contributed by atoms with Crippen LogP contribution in [0.1, 0.15) is 25.8 Å². The summed E-state index contributed by atoms with van der Waals surface area (Å²) in [4.78, 5) is 5.68. The molecule has 1 aliphatic rings. The number of β-amino-alcohol motifs (C(OH)–C–C–N with tert-alkyl or cyclic N) is 1. The van der Waals surface area contributed by atoms with Crippen LogP contribution in [0.2, 0.25) is 0 Å². The maximum atomic E-state index is 9.83. The average Bonchev–Trinajstić information content (AvgIpc) is 2.82. The molecule has 1 atom stereocenters. The van der Waals surface area contributed by atoms with Crippen molar-refractivity contribution in [2.24, 2.45) is 0 Å². The number of aromatic nitrogens is 1. The molecule has 2 heterocycles. The van der Waals surface area contributed by atoms with Gasteiger partial charge in [-0.25, -0.2) is 0 Å². The Kier molecular flexibility index (Phi) is 2.68. The molecule has 1 saturated heterocycles. The molecule has 18 heavy (non-hydrogen) atoms. The molecule has 0 saturated carbocycles. The van der Waals surface area contributed by atoms with E-state index in [1.54, 1.807) is 0 Å². The third-order valence-corrected chi connectivity index (χ3v) is 4.06. The number of nitrogens with zero attached hydrogens (tertiary/aromatic N) is 1. The van der Waals surface area contributed by atoms with Crippen LogP contribution in [0.25, 0.3) is 10.9 Å². The van der Waals surface area contributed by atoms with E-state index in [2.05, 4.69) is 48.1 Å². The summed E-state index contributed by atoms with van der Waals surface area (Å²) in [6.07, 6.45) is 2.76. The first-order chi connectivity index (χ1) is 8.56. The van der Waals surface area contributed by atoms with Crippen molar-refractivity contribution < 1.29 is 5.11 Å². The minimum Gasteiger partial charge on any atom is -0.392 e. The van der Waals surface area contributed by atoms with E-state index in [-0.39, 0.29) is 11.6 Å². The Morgan fingerprint density at radius 1 is 1.39 bits per heavy atom. The van der Waals surface area contributed by atoms with Gasteiger partial charge in [-0.05, 0) is 31.9 Å². The van der Waals surface area contributed by atoms with E-state index in [0.717, 1.165) is 19.5 Å². The van der Waals surface area contributed by atoms with Gasteiger partial charge in [-0.15, -0.1) is 0 Å². The predicted molar refractivity (Wildman–Crippen MR) is 73.4 cm³/mol. The summed E-state index contributed by atoms with van der Waals surface area (Å²) in [5.74, 6) is 0. The van der Waals surface area contributed by atoms with Crippen LogP contribution in [-0.2, 0) is 6.54 Å². The largest absolute Gasteiger partial charge is 0.392 e. The van der Waals surface area contributed by atoms with Gasteiger partial charge in [0.2, 0.25) is 0 Å². The number of H-pyrrole nitrogens is 1. The molecule has 1 unspecified atom stereocenters. The van der Waals surface area contributed by atoms with Crippen LogP contribution < -0.4 is 0 Å². The molecule has 1 aromatic heterocycles. The molecule has 2 N–H and O–H groups in total. The molecular formula is C15H20N2O. The van der Waals surface area contributed by atoms with E-state index in [0.29, 0.717) is 0 Å². The Labute approximate surface area is 107 Å². The second-order valence-corrected chi connectivity index (χ2v) is 5.91. The number of likely N-dealkylation sites (tertiary alicyclic amines) is 1. The lowest BCUT2D eigenvalue weighted by atomic mass is 10.0. The predicted octanol–water partition coefficient (Wildman–Crippen LogP) is 2.51. The second-order valence-electron chi connectivity index (χ2n) is 5.91. The van der Waals surface area contributed by atoms with Gasteiger partial charge in [0.25, 0.3) is 0 Å². The monoisotopic (exact) mass is 244 g/mol. The lowest BCUT2D eigenvalue weighted by Crippen LogP contribution is -2.37. The van der Waals surface area contributed by atoms with Crippen LogP contribution >= 0.6 is 0 Å². The van der Waals surface area contributed by atoms with Crippen LogP contribution in [0.5, 0.6) is 0 Å². The smallest absolute Gasteiger partial charge is 0.0684 e. The molecule has 96 valence electrons. The first kappa shape index (κ1) is 11.8. The molecule has 3 heteroatoms. The first-order valence-corrected chi connectivity index (χ1v) is 6.54. The molecule has 3 nitrogen and oxygen atoms in total. The minimum atomic E-state index is -0.190. The van der Waals surface area contributed by atoms with Crippen molar-refractivity contribution in [2.45, 2.75) is 38.5 Å². The van der Waals surface area contributed by atoms with Crippen molar-refractivity contribution in [3.05, 3.63) is 36.0 Å². The van der Waals surface area contributed by atoms with Crippen molar-refractivity contribution in [1.82, 2.24) is 9.88 Å². The number of fused-ring (bicyclic) bond motifs is 1. The van der Waals surface area contributed by atoms with E-state index >= 15 is 0 Å². The molecule has 1 fully saturated rings. The van der Waals surface area contributed by atoms with Crippen molar-refractivity contribution in [2.75, 3.05) is 6.54 Å². The molecule has 0 bridgehead atoms. The van der Waals surface area contributed by atoms with Gasteiger partial charge in [-0.3, -0.25) is 4.90 Å². The topological polar surface area (TPSA) is 39.3 Å². The highest BCUT2D eigenvalue weighted by Crippen LogP contribution is 2.31. The molecule has 0 aliphatic carbocycles. The highest BCUT2D eigenvalue weighted by Gasteiger charge is 2.37. The summed E-state index contributed by atoms with van der Waals surface area (Å²) in [7, 11) is 0. The maximum absolute atomic E-state index is 9.83. The van der Waals surface area contributed by atoms with Crippen molar-refractivity contribution in [3.8, 4) is 0 Å². The van der Waals surface area contributed by atoms with E-state index in [9.17, 15) is 5.11 Å². The summed E-state index contributed by atoms with van der Waals surface area (Å²) >= 11 is 0. The summed E-state index contributed by atoms with van der Waals surface area (Å²) in [6.45, 7) is 6.08. The zero-order chi connectivity index (χ0) is 12.8. The SMILES string of the molecule is CC1(C)CC(O)CN1Cc1c[nH]c2ccccc12. The Hall–Kier alpha value is -1.32. The highest BCUT2D eigenvalue weighted by molar-refractivity contribution is 5.82. The highest BCUT2D eigenvalue weighted by atomic mass is 16.3.